The smallest absolute Gasteiger partial charge is 0.251 e. The van der Waals surface area contributed by atoms with Crippen molar-refractivity contribution in [1.82, 2.24) is 10.2 Å². The van der Waals surface area contributed by atoms with Crippen molar-refractivity contribution < 1.29 is 9.53 Å². The second-order valence-corrected chi connectivity index (χ2v) is 7.56. The van der Waals surface area contributed by atoms with Gasteiger partial charge in [0.2, 0.25) is 0 Å². The van der Waals surface area contributed by atoms with E-state index in [9.17, 15) is 4.79 Å². The van der Waals surface area contributed by atoms with Gasteiger partial charge in [-0.3, -0.25) is 9.69 Å². The molecular weight excluding hydrogens is 350 g/mol. The van der Waals surface area contributed by atoms with Gasteiger partial charge in [0.05, 0.1) is 7.11 Å². The molecule has 3 rings (SSSR count). The molecule has 0 aromatic heterocycles. The Labute approximate surface area is 168 Å². The molecule has 1 amide bonds. The lowest BCUT2D eigenvalue weighted by Crippen LogP contribution is -2.48. The standard InChI is InChI=1S/C23H31N3O2/c1-17-15-18(2)22(19(3)16-17)23(27)24-9-10-25-11-13-26(14-12-25)20-5-7-21(28-4)8-6-20/h5-8,15-16H,9-14H2,1-4H3,(H,24,27). The number of anilines is 1. The van der Waals surface area contributed by atoms with Crippen LogP contribution in [-0.2, 0) is 0 Å². The minimum absolute atomic E-state index is 0.0341. The molecule has 2 aromatic carbocycles. The Morgan fingerprint density at radius 2 is 1.61 bits per heavy atom. The predicted molar refractivity (Wildman–Crippen MR) is 115 cm³/mol. The van der Waals surface area contributed by atoms with Gasteiger partial charge in [-0.1, -0.05) is 17.7 Å². The van der Waals surface area contributed by atoms with Crippen molar-refractivity contribution in [1.29, 1.82) is 0 Å². The molecule has 5 nitrogen and oxygen atoms in total. The normalized spacial score (nSPS) is 14.8. The number of carbonyl (C=O) groups excluding carboxylic acids is 1. The van der Waals surface area contributed by atoms with Crippen LogP contribution in [0.1, 0.15) is 27.0 Å². The number of ether oxygens (including phenoxy) is 1. The molecule has 0 spiro atoms. The van der Waals surface area contributed by atoms with E-state index in [1.165, 1.54) is 11.3 Å². The number of aryl methyl sites for hydroxylation is 3. The quantitative estimate of drug-likeness (QED) is 0.835. The summed E-state index contributed by atoms with van der Waals surface area (Å²) in [5, 5.41) is 3.09. The van der Waals surface area contributed by atoms with Gasteiger partial charge in [0.25, 0.3) is 5.91 Å². The molecular formula is C23H31N3O2. The Hall–Kier alpha value is -2.53. The Morgan fingerprint density at radius 1 is 1.00 bits per heavy atom. The first-order chi connectivity index (χ1) is 13.5. The summed E-state index contributed by atoms with van der Waals surface area (Å²) < 4.78 is 5.23. The number of benzene rings is 2. The van der Waals surface area contributed by atoms with E-state index in [-0.39, 0.29) is 5.91 Å². The van der Waals surface area contributed by atoms with Crippen LogP contribution >= 0.6 is 0 Å². The molecule has 0 radical (unpaired) electrons. The summed E-state index contributed by atoms with van der Waals surface area (Å²) in [6, 6.07) is 12.4. The van der Waals surface area contributed by atoms with Gasteiger partial charge in [-0.25, -0.2) is 0 Å². The maximum Gasteiger partial charge on any atom is 0.251 e. The lowest BCUT2D eigenvalue weighted by molar-refractivity contribution is 0.0946. The summed E-state index contributed by atoms with van der Waals surface area (Å²) in [4.78, 5) is 17.4. The minimum atomic E-state index is 0.0341. The van der Waals surface area contributed by atoms with Gasteiger partial charge in [0.1, 0.15) is 5.75 Å². The number of nitrogens with zero attached hydrogens (tertiary/aromatic N) is 2. The fraction of sp³-hybridized carbons (Fsp3) is 0.435. The molecule has 0 atom stereocenters. The van der Waals surface area contributed by atoms with Crippen LogP contribution in [0, 0.1) is 20.8 Å². The molecule has 28 heavy (non-hydrogen) atoms. The van der Waals surface area contributed by atoms with Gasteiger partial charge < -0.3 is 15.0 Å². The fourth-order valence-corrected chi connectivity index (χ4v) is 3.98. The van der Waals surface area contributed by atoms with E-state index in [0.29, 0.717) is 6.54 Å². The molecule has 1 fully saturated rings. The molecule has 5 heteroatoms. The van der Waals surface area contributed by atoms with E-state index in [1.54, 1.807) is 7.11 Å². The number of hydrogen-bond acceptors (Lipinski definition) is 4. The topological polar surface area (TPSA) is 44.8 Å². The van der Waals surface area contributed by atoms with Crippen LogP contribution in [0.3, 0.4) is 0 Å². The number of hydrogen-bond donors (Lipinski definition) is 1. The third-order valence-corrected chi connectivity index (χ3v) is 5.43. The van der Waals surface area contributed by atoms with Crippen molar-refractivity contribution >= 4 is 11.6 Å². The average molecular weight is 382 g/mol. The lowest BCUT2D eigenvalue weighted by atomic mass is 9.99. The fourth-order valence-electron chi connectivity index (χ4n) is 3.98. The largest absolute Gasteiger partial charge is 0.497 e. The number of rotatable bonds is 6. The summed E-state index contributed by atoms with van der Waals surface area (Å²) in [5.74, 6) is 0.920. The Kier molecular flexibility index (Phi) is 6.57. The van der Waals surface area contributed by atoms with Gasteiger partial charge in [0, 0.05) is 50.5 Å². The van der Waals surface area contributed by atoms with Crippen LogP contribution in [0.15, 0.2) is 36.4 Å². The maximum atomic E-state index is 12.6. The second-order valence-electron chi connectivity index (χ2n) is 7.56. The molecule has 150 valence electrons. The van der Waals surface area contributed by atoms with E-state index >= 15 is 0 Å². The van der Waals surface area contributed by atoms with Gasteiger partial charge in [-0.2, -0.15) is 0 Å². The van der Waals surface area contributed by atoms with Crippen molar-refractivity contribution in [3.63, 3.8) is 0 Å². The monoisotopic (exact) mass is 381 g/mol. The molecule has 1 aliphatic heterocycles. The molecule has 0 unspecified atom stereocenters. The Morgan fingerprint density at radius 3 is 2.18 bits per heavy atom. The third kappa shape index (κ3) is 4.84. The molecule has 0 aliphatic carbocycles. The summed E-state index contributed by atoms with van der Waals surface area (Å²) in [6.45, 7) is 11.6. The first-order valence-corrected chi connectivity index (χ1v) is 9.95. The third-order valence-electron chi connectivity index (χ3n) is 5.43. The molecule has 1 N–H and O–H groups in total. The SMILES string of the molecule is COc1ccc(N2CCN(CCNC(=O)c3c(C)cc(C)cc3C)CC2)cc1. The average Bonchev–Trinajstić information content (AvgIpc) is 2.68. The van der Waals surface area contributed by atoms with Crippen molar-refractivity contribution in [2.75, 3.05) is 51.3 Å². The molecule has 1 saturated heterocycles. The van der Waals surface area contributed by atoms with E-state index in [1.807, 2.05) is 26.0 Å². The predicted octanol–water partition coefficient (Wildman–Crippen LogP) is 3.17. The number of amides is 1. The summed E-state index contributed by atoms with van der Waals surface area (Å²) in [6.07, 6.45) is 0. The summed E-state index contributed by atoms with van der Waals surface area (Å²) in [7, 11) is 1.69. The second kappa shape index (κ2) is 9.11. The van der Waals surface area contributed by atoms with E-state index in [4.69, 9.17) is 4.74 Å². The molecule has 2 aromatic rings. The van der Waals surface area contributed by atoms with Crippen molar-refractivity contribution in [2.24, 2.45) is 0 Å². The summed E-state index contributed by atoms with van der Waals surface area (Å²) in [5.41, 5.74) is 5.33. The molecule has 1 aliphatic rings. The molecule has 0 saturated carbocycles. The van der Waals surface area contributed by atoms with Crippen LogP contribution < -0.4 is 15.0 Å². The number of methoxy groups -OCH3 is 1. The number of piperazine rings is 1. The van der Waals surface area contributed by atoms with Gasteiger partial charge in [-0.05, 0) is 56.2 Å². The molecule has 1 heterocycles. The van der Waals surface area contributed by atoms with Crippen LogP contribution in [0.25, 0.3) is 0 Å². The summed E-state index contributed by atoms with van der Waals surface area (Å²) >= 11 is 0. The van der Waals surface area contributed by atoms with Gasteiger partial charge in [-0.15, -0.1) is 0 Å². The number of carbonyl (C=O) groups is 1. The molecule has 0 bridgehead atoms. The Balaban J connectivity index is 1.45. The van der Waals surface area contributed by atoms with Crippen LogP contribution in [-0.4, -0.2) is 57.2 Å². The Bertz CT molecular complexity index is 786. The van der Waals surface area contributed by atoms with Crippen LogP contribution in [0.5, 0.6) is 5.75 Å². The number of nitrogens with one attached hydrogen (secondary N) is 1. The zero-order valence-corrected chi connectivity index (χ0v) is 17.4. The first kappa shape index (κ1) is 20.2. The highest BCUT2D eigenvalue weighted by Crippen LogP contribution is 2.20. The first-order valence-electron chi connectivity index (χ1n) is 9.95. The van der Waals surface area contributed by atoms with Gasteiger partial charge in [0.15, 0.2) is 0 Å². The maximum absolute atomic E-state index is 12.6. The highest BCUT2D eigenvalue weighted by Gasteiger charge is 2.18. The van der Waals surface area contributed by atoms with E-state index < -0.39 is 0 Å². The van der Waals surface area contributed by atoms with Crippen molar-refractivity contribution in [3.05, 3.63) is 58.7 Å². The lowest BCUT2D eigenvalue weighted by Gasteiger charge is -2.36. The van der Waals surface area contributed by atoms with E-state index in [2.05, 4.69) is 46.3 Å². The van der Waals surface area contributed by atoms with Crippen molar-refractivity contribution in [2.45, 2.75) is 20.8 Å². The van der Waals surface area contributed by atoms with Crippen LogP contribution in [0.4, 0.5) is 5.69 Å². The van der Waals surface area contributed by atoms with Crippen LogP contribution in [0.2, 0.25) is 0 Å². The minimum Gasteiger partial charge on any atom is -0.497 e. The zero-order valence-electron chi connectivity index (χ0n) is 17.4. The highest BCUT2D eigenvalue weighted by molar-refractivity contribution is 5.97. The van der Waals surface area contributed by atoms with E-state index in [0.717, 1.165) is 55.2 Å². The van der Waals surface area contributed by atoms with Crippen molar-refractivity contribution in [3.8, 4) is 5.75 Å². The highest BCUT2D eigenvalue weighted by atomic mass is 16.5. The zero-order chi connectivity index (χ0) is 20.1. The van der Waals surface area contributed by atoms with Gasteiger partial charge >= 0.3 is 0 Å².